The predicted octanol–water partition coefficient (Wildman–Crippen LogP) is 1.61. The Morgan fingerprint density at radius 2 is 2.08 bits per heavy atom. The first kappa shape index (κ1) is 17.2. The first-order chi connectivity index (χ1) is 12.1. The maximum atomic E-state index is 11.9. The molecule has 10 heteroatoms. The highest BCUT2D eigenvalue weighted by Gasteiger charge is 2.13. The number of carbonyl (C=O) groups excluding carboxylic acids is 1. The topological polar surface area (TPSA) is 103 Å². The Labute approximate surface area is 151 Å². The maximum absolute atomic E-state index is 11.9. The van der Waals surface area contributed by atoms with Crippen molar-refractivity contribution in [2.24, 2.45) is 0 Å². The van der Waals surface area contributed by atoms with E-state index >= 15 is 0 Å². The fourth-order valence-electron chi connectivity index (χ4n) is 2.04. The van der Waals surface area contributed by atoms with Crippen LogP contribution in [0.15, 0.2) is 35.4 Å². The number of carbonyl (C=O) groups is 1. The zero-order valence-corrected chi connectivity index (χ0v) is 14.7. The van der Waals surface area contributed by atoms with E-state index in [9.17, 15) is 9.59 Å². The number of rotatable bonds is 5. The summed E-state index contributed by atoms with van der Waals surface area (Å²) < 4.78 is 1.10. The van der Waals surface area contributed by atoms with Crippen LogP contribution in [0, 0.1) is 0 Å². The average molecular weight is 377 g/mol. The van der Waals surface area contributed by atoms with E-state index in [4.69, 9.17) is 11.6 Å². The van der Waals surface area contributed by atoms with Crippen molar-refractivity contribution in [2.45, 2.75) is 13.5 Å². The Morgan fingerprint density at radius 1 is 1.28 bits per heavy atom. The third-order valence-electron chi connectivity index (χ3n) is 3.13. The standard InChI is InChI=1S/C15H13ClN6O2S/c1-2-18-12(23)8-22-13(24)4-3-11(21-22)15-20-19-14(25-15)9-5-10(16)7-17-6-9/h3-7H,2,8H2,1H3,(H,18,23). The molecule has 1 amide bonds. The highest BCUT2D eigenvalue weighted by atomic mass is 35.5. The van der Waals surface area contributed by atoms with Gasteiger partial charge in [0, 0.05) is 30.6 Å². The van der Waals surface area contributed by atoms with E-state index in [1.807, 2.05) is 0 Å². The van der Waals surface area contributed by atoms with Crippen LogP contribution in [0.25, 0.3) is 21.3 Å². The number of hydrogen-bond acceptors (Lipinski definition) is 7. The van der Waals surface area contributed by atoms with Crippen molar-refractivity contribution in [3.63, 3.8) is 0 Å². The van der Waals surface area contributed by atoms with Crippen molar-refractivity contribution < 1.29 is 4.79 Å². The van der Waals surface area contributed by atoms with Crippen LogP contribution >= 0.6 is 22.9 Å². The second-order valence-corrected chi connectivity index (χ2v) is 6.39. The van der Waals surface area contributed by atoms with E-state index in [1.54, 1.807) is 25.3 Å². The SMILES string of the molecule is CCNC(=O)Cn1nc(-c2nnc(-c3cncc(Cl)c3)s2)ccc1=O. The molecule has 0 aromatic carbocycles. The van der Waals surface area contributed by atoms with Crippen LogP contribution in [0.4, 0.5) is 0 Å². The Balaban J connectivity index is 1.90. The Hall–Kier alpha value is -2.65. The first-order valence-corrected chi connectivity index (χ1v) is 8.56. The third kappa shape index (κ3) is 4.06. The van der Waals surface area contributed by atoms with Gasteiger partial charge in [0.15, 0.2) is 5.01 Å². The number of amides is 1. The second kappa shape index (κ2) is 7.49. The lowest BCUT2D eigenvalue weighted by molar-refractivity contribution is -0.121. The van der Waals surface area contributed by atoms with Crippen molar-refractivity contribution in [3.8, 4) is 21.3 Å². The van der Waals surface area contributed by atoms with Crippen LogP contribution in [-0.4, -0.2) is 37.4 Å². The summed E-state index contributed by atoms with van der Waals surface area (Å²) in [6.07, 6.45) is 3.17. The van der Waals surface area contributed by atoms with Gasteiger partial charge in [0.2, 0.25) is 5.91 Å². The average Bonchev–Trinajstić information content (AvgIpc) is 3.07. The number of hydrogen-bond donors (Lipinski definition) is 1. The van der Waals surface area contributed by atoms with Crippen molar-refractivity contribution in [3.05, 3.63) is 46.0 Å². The van der Waals surface area contributed by atoms with E-state index in [1.165, 1.54) is 23.6 Å². The molecule has 3 aromatic rings. The summed E-state index contributed by atoms with van der Waals surface area (Å²) in [6.45, 7) is 2.14. The number of aromatic nitrogens is 5. The number of likely N-dealkylation sites (N-methyl/N-ethyl adjacent to an activating group) is 1. The molecule has 0 aliphatic heterocycles. The van der Waals surface area contributed by atoms with E-state index in [-0.39, 0.29) is 18.0 Å². The summed E-state index contributed by atoms with van der Waals surface area (Å²) in [7, 11) is 0. The van der Waals surface area contributed by atoms with Crippen LogP contribution in [0.2, 0.25) is 5.02 Å². The molecule has 0 bridgehead atoms. The van der Waals surface area contributed by atoms with Gasteiger partial charge in [-0.25, -0.2) is 4.68 Å². The molecule has 128 valence electrons. The number of nitrogens with one attached hydrogen (secondary N) is 1. The van der Waals surface area contributed by atoms with Crippen molar-refractivity contribution in [1.82, 2.24) is 30.3 Å². The minimum Gasteiger partial charge on any atom is -0.355 e. The minimum absolute atomic E-state index is 0.148. The fraction of sp³-hybridized carbons (Fsp3) is 0.200. The van der Waals surface area contributed by atoms with Crippen molar-refractivity contribution in [1.29, 1.82) is 0 Å². The van der Waals surface area contributed by atoms with Gasteiger partial charge in [-0.2, -0.15) is 5.10 Å². The summed E-state index contributed by atoms with van der Waals surface area (Å²) in [5.74, 6) is -0.280. The van der Waals surface area contributed by atoms with Crippen molar-refractivity contribution in [2.75, 3.05) is 6.54 Å². The molecule has 25 heavy (non-hydrogen) atoms. The quantitative estimate of drug-likeness (QED) is 0.725. The van der Waals surface area contributed by atoms with Gasteiger partial charge in [-0.15, -0.1) is 10.2 Å². The highest BCUT2D eigenvalue weighted by Crippen LogP contribution is 2.29. The summed E-state index contributed by atoms with van der Waals surface area (Å²) in [5, 5.41) is 16.7. The maximum Gasteiger partial charge on any atom is 0.267 e. The largest absolute Gasteiger partial charge is 0.355 e. The van der Waals surface area contributed by atoms with Crippen LogP contribution in [0.1, 0.15) is 6.92 Å². The summed E-state index contributed by atoms with van der Waals surface area (Å²) >= 11 is 7.23. The molecule has 0 saturated carbocycles. The molecule has 0 atom stereocenters. The first-order valence-electron chi connectivity index (χ1n) is 7.36. The molecule has 0 aliphatic rings. The predicted molar refractivity (Wildman–Crippen MR) is 94.3 cm³/mol. The van der Waals surface area contributed by atoms with Gasteiger partial charge in [-0.05, 0) is 19.1 Å². The van der Waals surface area contributed by atoms with Gasteiger partial charge in [0.1, 0.15) is 17.2 Å². The molecule has 1 N–H and O–H groups in total. The summed E-state index contributed by atoms with van der Waals surface area (Å²) in [5.41, 5.74) is 0.841. The zero-order chi connectivity index (χ0) is 17.8. The van der Waals surface area contributed by atoms with Crippen LogP contribution in [0.5, 0.6) is 0 Å². The van der Waals surface area contributed by atoms with Gasteiger partial charge >= 0.3 is 0 Å². The molecule has 3 heterocycles. The molecule has 0 saturated heterocycles. The van der Waals surface area contributed by atoms with Crippen LogP contribution < -0.4 is 10.9 Å². The van der Waals surface area contributed by atoms with E-state index in [0.717, 1.165) is 10.2 Å². The Bertz CT molecular complexity index is 970. The fourth-order valence-corrected chi connectivity index (χ4v) is 3.00. The molecule has 0 spiro atoms. The van der Waals surface area contributed by atoms with Crippen LogP contribution in [0.3, 0.4) is 0 Å². The smallest absolute Gasteiger partial charge is 0.267 e. The lowest BCUT2D eigenvalue weighted by Crippen LogP contribution is -2.33. The number of halogens is 1. The molecular formula is C15H13ClN6O2S. The third-order valence-corrected chi connectivity index (χ3v) is 4.33. The van der Waals surface area contributed by atoms with Gasteiger partial charge in [0.05, 0.1) is 5.02 Å². The highest BCUT2D eigenvalue weighted by molar-refractivity contribution is 7.17. The molecule has 0 fully saturated rings. The van der Waals surface area contributed by atoms with E-state index < -0.39 is 0 Å². The van der Waals surface area contributed by atoms with Crippen LogP contribution in [-0.2, 0) is 11.3 Å². The Morgan fingerprint density at radius 3 is 2.84 bits per heavy atom. The molecule has 3 rings (SSSR count). The Kier molecular flexibility index (Phi) is 5.15. The lowest BCUT2D eigenvalue weighted by atomic mass is 10.3. The van der Waals surface area contributed by atoms with Gasteiger partial charge < -0.3 is 5.32 Å². The number of pyridine rings is 1. The summed E-state index contributed by atoms with van der Waals surface area (Å²) in [6, 6.07) is 4.64. The monoisotopic (exact) mass is 376 g/mol. The van der Waals surface area contributed by atoms with Gasteiger partial charge in [0.25, 0.3) is 5.56 Å². The van der Waals surface area contributed by atoms with Gasteiger partial charge in [-0.1, -0.05) is 22.9 Å². The van der Waals surface area contributed by atoms with Gasteiger partial charge in [-0.3, -0.25) is 14.6 Å². The van der Waals surface area contributed by atoms with E-state index in [2.05, 4.69) is 25.6 Å². The number of nitrogens with zero attached hydrogens (tertiary/aromatic N) is 5. The molecule has 0 aliphatic carbocycles. The summed E-state index contributed by atoms with van der Waals surface area (Å²) in [4.78, 5) is 27.6. The normalized spacial score (nSPS) is 10.6. The second-order valence-electron chi connectivity index (χ2n) is 4.97. The lowest BCUT2D eigenvalue weighted by Gasteiger charge is -2.05. The minimum atomic E-state index is -0.362. The molecule has 8 nitrogen and oxygen atoms in total. The van der Waals surface area contributed by atoms with Crippen molar-refractivity contribution >= 4 is 28.8 Å². The van der Waals surface area contributed by atoms with E-state index in [0.29, 0.717) is 27.3 Å². The molecule has 0 radical (unpaired) electrons. The molecular weight excluding hydrogens is 364 g/mol. The zero-order valence-electron chi connectivity index (χ0n) is 13.1. The molecule has 0 unspecified atom stereocenters. The molecule has 3 aromatic heterocycles.